The van der Waals surface area contributed by atoms with E-state index in [4.69, 9.17) is 0 Å². The second-order valence-corrected chi connectivity index (χ2v) is 8.11. The number of hydrogen-bond donors (Lipinski definition) is 3. The number of carbonyl (C=O) groups is 1. The fourth-order valence-corrected chi connectivity index (χ4v) is 3.93. The molecule has 0 aromatic carbocycles. The van der Waals surface area contributed by atoms with E-state index in [2.05, 4.69) is 6.92 Å². The summed E-state index contributed by atoms with van der Waals surface area (Å²) in [6, 6.07) is 0. The van der Waals surface area contributed by atoms with E-state index >= 15 is 0 Å². The molecule has 1 atom stereocenters. The smallest absolute Gasteiger partial charge is 0.342 e. The summed E-state index contributed by atoms with van der Waals surface area (Å²) in [7, 11) is -4.64. The third-order valence-corrected chi connectivity index (χ3v) is 6.33. The molecular formula is C16H33O5P. The van der Waals surface area contributed by atoms with Gasteiger partial charge in [0.05, 0.1) is 0 Å². The van der Waals surface area contributed by atoms with E-state index in [1.807, 2.05) is 0 Å². The molecule has 0 heterocycles. The summed E-state index contributed by atoms with van der Waals surface area (Å²) in [5.41, 5.74) is 0. The van der Waals surface area contributed by atoms with E-state index < -0.39 is 18.7 Å². The fourth-order valence-electron chi connectivity index (χ4n) is 2.82. The average Bonchev–Trinajstić information content (AvgIpc) is 2.43. The zero-order chi connectivity index (χ0) is 17.1. The van der Waals surface area contributed by atoms with Crippen LogP contribution in [0.5, 0.6) is 0 Å². The predicted octanol–water partition coefficient (Wildman–Crippen LogP) is 4.71. The summed E-state index contributed by atoms with van der Waals surface area (Å²) < 4.78 is 11.5. The molecule has 0 aliphatic heterocycles. The van der Waals surface area contributed by atoms with Gasteiger partial charge in [-0.05, 0) is 12.8 Å². The van der Waals surface area contributed by atoms with Crippen molar-refractivity contribution in [2.24, 2.45) is 0 Å². The predicted molar refractivity (Wildman–Crippen MR) is 89.2 cm³/mol. The van der Waals surface area contributed by atoms with Gasteiger partial charge in [0.2, 0.25) is 0 Å². The molecule has 0 fully saturated rings. The second kappa shape index (κ2) is 11.2. The molecule has 132 valence electrons. The lowest BCUT2D eigenvalue weighted by molar-refractivity contribution is -0.141. The molecule has 22 heavy (non-hydrogen) atoms. The molecule has 0 aliphatic rings. The Hall–Kier alpha value is -0.380. The molecule has 0 rings (SSSR count). The van der Waals surface area contributed by atoms with Crippen LogP contribution in [-0.4, -0.2) is 26.0 Å². The molecule has 0 bridgehead atoms. The van der Waals surface area contributed by atoms with E-state index in [9.17, 15) is 24.3 Å². The first-order valence-electron chi connectivity index (χ1n) is 8.61. The molecule has 0 saturated carbocycles. The molecule has 0 aromatic heterocycles. The maximum absolute atomic E-state index is 11.5. The van der Waals surface area contributed by atoms with Gasteiger partial charge in [0.1, 0.15) is 0 Å². The van der Waals surface area contributed by atoms with Crippen LogP contribution in [0.3, 0.4) is 0 Å². The quantitative estimate of drug-likeness (QED) is 0.315. The van der Waals surface area contributed by atoms with Crippen molar-refractivity contribution in [3.63, 3.8) is 0 Å². The summed E-state index contributed by atoms with van der Waals surface area (Å²) in [5, 5.41) is 7.31. The van der Waals surface area contributed by atoms with Crippen molar-refractivity contribution < 1.29 is 24.3 Å². The molecule has 0 spiro atoms. The van der Waals surface area contributed by atoms with E-state index in [1.54, 1.807) is 0 Å². The average molecular weight is 336 g/mol. The standard InChI is InChI=1S/C16H33O5P/c1-3-5-6-7-8-9-10-11-12-13-14-16(4-2,15(17)18)22(19,20)21/h3-14H2,1-2H3,(H,17,18)(H2,19,20,21). The molecule has 6 heteroatoms. The normalized spacial score (nSPS) is 14.7. The Bertz CT molecular complexity index is 352. The van der Waals surface area contributed by atoms with Crippen LogP contribution >= 0.6 is 7.60 Å². The molecule has 0 radical (unpaired) electrons. The van der Waals surface area contributed by atoms with Crippen molar-refractivity contribution in [1.82, 2.24) is 0 Å². The molecule has 0 saturated heterocycles. The maximum atomic E-state index is 11.5. The summed E-state index contributed by atoms with van der Waals surface area (Å²) >= 11 is 0. The van der Waals surface area contributed by atoms with Crippen LogP contribution in [0, 0.1) is 0 Å². The highest BCUT2D eigenvalue weighted by atomic mass is 31.2. The van der Waals surface area contributed by atoms with Crippen LogP contribution in [0.2, 0.25) is 0 Å². The van der Waals surface area contributed by atoms with Crippen molar-refractivity contribution in [2.75, 3.05) is 0 Å². The first-order chi connectivity index (χ1) is 10.3. The fraction of sp³-hybridized carbons (Fsp3) is 0.938. The van der Waals surface area contributed by atoms with E-state index in [-0.39, 0.29) is 12.8 Å². The molecular weight excluding hydrogens is 303 g/mol. The topological polar surface area (TPSA) is 94.8 Å². The summed E-state index contributed by atoms with van der Waals surface area (Å²) in [4.78, 5) is 30.0. The van der Waals surface area contributed by atoms with Crippen LogP contribution in [0.4, 0.5) is 0 Å². The first-order valence-corrected chi connectivity index (χ1v) is 10.2. The Morgan fingerprint density at radius 3 is 1.59 bits per heavy atom. The Balaban J connectivity index is 3.93. The van der Waals surface area contributed by atoms with Gasteiger partial charge in [0, 0.05) is 0 Å². The number of unbranched alkanes of at least 4 members (excludes halogenated alkanes) is 9. The Morgan fingerprint density at radius 2 is 1.27 bits per heavy atom. The lowest BCUT2D eigenvalue weighted by Crippen LogP contribution is -2.37. The summed E-state index contributed by atoms with van der Waals surface area (Å²) in [5.74, 6) is -1.38. The molecule has 0 aromatic rings. The highest BCUT2D eigenvalue weighted by Crippen LogP contribution is 2.55. The Labute approximate surface area is 134 Å². The SMILES string of the molecule is CCCCCCCCCCCCC(CC)(C(=O)O)P(=O)(O)O. The largest absolute Gasteiger partial charge is 0.480 e. The highest BCUT2D eigenvalue weighted by molar-refractivity contribution is 7.54. The Kier molecular flexibility index (Phi) is 11.0. The highest BCUT2D eigenvalue weighted by Gasteiger charge is 2.51. The zero-order valence-corrected chi connectivity index (χ0v) is 15.0. The van der Waals surface area contributed by atoms with Crippen molar-refractivity contribution in [2.45, 2.75) is 96.1 Å². The van der Waals surface area contributed by atoms with Crippen molar-refractivity contribution in [3.8, 4) is 0 Å². The first kappa shape index (κ1) is 21.6. The number of rotatable bonds is 14. The molecule has 0 amide bonds. The summed E-state index contributed by atoms with van der Waals surface area (Å²) in [6.45, 7) is 3.73. The molecule has 3 N–H and O–H groups in total. The van der Waals surface area contributed by atoms with E-state index in [1.165, 1.54) is 45.4 Å². The lowest BCUT2D eigenvalue weighted by Gasteiger charge is -2.28. The summed E-state index contributed by atoms with van der Waals surface area (Å²) in [6.07, 6.45) is 11.1. The van der Waals surface area contributed by atoms with Crippen LogP contribution in [0.1, 0.15) is 90.9 Å². The van der Waals surface area contributed by atoms with Gasteiger partial charge in [0.15, 0.2) is 5.16 Å². The maximum Gasteiger partial charge on any atom is 0.342 e. The van der Waals surface area contributed by atoms with Gasteiger partial charge in [-0.2, -0.15) is 0 Å². The minimum Gasteiger partial charge on any atom is -0.480 e. The van der Waals surface area contributed by atoms with Crippen molar-refractivity contribution in [3.05, 3.63) is 0 Å². The van der Waals surface area contributed by atoms with Gasteiger partial charge in [-0.25, -0.2) is 0 Å². The zero-order valence-electron chi connectivity index (χ0n) is 14.1. The number of aliphatic carboxylic acids is 1. The van der Waals surface area contributed by atoms with Gasteiger partial charge >= 0.3 is 13.6 Å². The van der Waals surface area contributed by atoms with Crippen LogP contribution < -0.4 is 0 Å². The van der Waals surface area contributed by atoms with Crippen molar-refractivity contribution >= 4 is 13.6 Å². The van der Waals surface area contributed by atoms with Crippen molar-refractivity contribution in [1.29, 1.82) is 0 Å². The minimum absolute atomic E-state index is 0.0377. The van der Waals surface area contributed by atoms with Gasteiger partial charge in [-0.15, -0.1) is 0 Å². The third kappa shape index (κ3) is 7.26. The van der Waals surface area contributed by atoms with Gasteiger partial charge < -0.3 is 14.9 Å². The Morgan fingerprint density at radius 1 is 0.864 bits per heavy atom. The molecule has 5 nitrogen and oxygen atoms in total. The van der Waals surface area contributed by atoms with Gasteiger partial charge in [-0.1, -0.05) is 78.1 Å². The number of hydrogen-bond acceptors (Lipinski definition) is 2. The minimum atomic E-state index is -4.64. The lowest BCUT2D eigenvalue weighted by atomic mass is 9.96. The van der Waals surface area contributed by atoms with E-state index in [0.29, 0.717) is 6.42 Å². The van der Waals surface area contributed by atoms with Crippen LogP contribution in [0.15, 0.2) is 0 Å². The monoisotopic (exact) mass is 336 g/mol. The molecule has 1 unspecified atom stereocenters. The number of carboxylic acid groups (broad SMARTS) is 1. The van der Waals surface area contributed by atoms with Crippen LogP contribution in [-0.2, 0) is 9.36 Å². The second-order valence-electron chi connectivity index (χ2n) is 6.17. The third-order valence-electron chi connectivity index (χ3n) is 4.48. The van der Waals surface area contributed by atoms with Gasteiger partial charge in [-0.3, -0.25) is 9.36 Å². The number of carboxylic acids is 1. The molecule has 0 aliphatic carbocycles. The van der Waals surface area contributed by atoms with Crippen LogP contribution in [0.25, 0.3) is 0 Å². The van der Waals surface area contributed by atoms with E-state index in [0.717, 1.165) is 19.3 Å². The van der Waals surface area contributed by atoms with Gasteiger partial charge in [0.25, 0.3) is 0 Å².